The molecule has 0 aromatic carbocycles. The summed E-state index contributed by atoms with van der Waals surface area (Å²) in [4.78, 5) is 4.03. The van der Waals surface area contributed by atoms with Crippen LogP contribution in [0.4, 0.5) is 5.82 Å². The van der Waals surface area contributed by atoms with Crippen molar-refractivity contribution in [2.75, 3.05) is 5.73 Å². The van der Waals surface area contributed by atoms with E-state index >= 15 is 0 Å². The summed E-state index contributed by atoms with van der Waals surface area (Å²) in [6.07, 6.45) is 3.47. The minimum absolute atomic E-state index is 0. The predicted octanol–water partition coefficient (Wildman–Crippen LogP) is 2.24. The molecule has 4 nitrogen and oxygen atoms in total. The van der Waals surface area contributed by atoms with Gasteiger partial charge in [0.1, 0.15) is 5.82 Å². The summed E-state index contributed by atoms with van der Waals surface area (Å²) in [5.74, 6) is 0.481. The lowest BCUT2D eigenvalue weighted by atomic mass is 10.2. The number of nitrogens with two attached hydrogens (primary N) is 1. The smallest absolute Gasteiger partial charge is 0.145 e. The SMILES string of the molecule is Cl.Nc1cc(-c2cncc(Br)c2)[nH]n1. The van der Waals surface area contributed by atoms with Gasteiger partial charge in [-0.1, -0.05) is 0 Å². The van der Waals surface area contributed by atoms with Crippen LogP contribution in [0.1, 0.15) is 0 Å². The number of nitrogens with zero attached hydrogens (tertiary/aromatic N) is 2. The zero-order valence-electron chi connectivity index (χ0n) is 7.07. The average molecular weight is 276 g/mol. The lowest BCUT2D eigenvalue weighted by molar-refractivity contribution is 1.10. The van der Waals surface area contributed by atoms with E-state index in [9.17, 15) is 0 Å². The van der Waals surface area contributed by atoms with Crippen molar-refractivity contribution in [3.8, 4) is 11.3 Å². The summed E-state index contributed by atoms with van der Waals surface area (Å²) in [5, 5.41) is 6.65. The highest BCUT2D eigenvalue weighted by molar-refractivity contribution is 9.10. The molecular weight excluding hydrogens is 267 g/mol. The topological polar surface area (TPSA) is 67.6 Å². The monoisotopic (exact) mass is 274 g/mol. The normalized spacial score (nSPS) is 9.50. The van der Waals surface area contributed by atoms with Gasteiger partial charge in [-0.25, -0.2) is 0 Å². The van der Waals surface area contributed by atoms with Gasteiger partial charge in [0, 0.05) is 28.5 Å². The van der Waals surface area contributed by atoms with Gasteiger partial charge in [-0.3, -0.25) is 10.1 Å². The number of aromatic nitrogens is 3. The van der Waals surface area contributed by atoms with Crippen LogP contribution in [-0.4, -0.2) is 15.2 Å². The van der Waals surface area contributed by atoms with E-state index in [1.54, 1.807) is 18.5 Å². The number of pyridine rings is 1. The summed E-state index contributed by atoms with van der Waals surface area (Å²) in [6.45, 7) is 0. The van der Waals surface area contributed by atoms with Crippen LogP contribution in [0.25, 0.3) is 11.3 Å². The molecule has 0 fully saturated rings. The predicted molar refractivity (Wildman–Crippen MR) is 61.2 cm³/mol. The van der Waals surface area contributed by atoms with Crippen molar-refractivity contribution < 1.29 is 0 Å². The molecule has 0 radical (unpaired) electrons. The molecule has 0 unspecified atom stereocenters. The van der Waals surface area contributed by atoms with E-state index in [4.69, 9.17) is 5.73 Å². The Balaban J connectivity index is 0.000000980. The molecule has 0 saturated carbocycles. The molecule has 2 heterocycles. The Morgan fingerprint density at radius 3 is 2.64 bits per heavy atom. The van der Waals surface area contributed by atoms with E-state index in [1.165, 1.54) is 0 Å². The number of hydrogen-bond acceptors (Lipinski definition) is 3. The largest absolute Gasteiger partial charge is 0.382 e. The maximum atomic E-state index is 5.48. The van der Waals surface area contributed by atoms with Crippen molar-refractivity contribution in [1.82, 2.24) is 15.2 Å². The second kappa shape index (κ2) is 4.43. The van der Waals surface area contributed by atoms with Gasteiger partial charge in [0.25, 0.3) is 0 Å². The number of anilines is 1. The molecule has 14 heavy (non-hydrogen) atoms. The van der Waals surface area contributed by atoms with Gasteiger partial charge < -0.3 is 5.73 Å². The first-order valence-electron chi connectivity index (χ1n) is 3.67. The van der Waals surface area contributed by atoms with Crippen LogP contribution >= 0.6 is 28.3 Å². The Morgan fingerprint density at radius 2 is 2.07 bits per heavy atom. The van der Waals surface area contributed by atoms with Crippen molar-refractivity contribution in [3.63, 3.8) is 0 Å². The van der Waals surface area contributed by atoms with Gasteiger partial charge in [0.05, 0.1) is 5.69 Å². The maximum Gasteiger partial charge on any atom is 0.145 e. The Morgan fingerprint density at radius 1 is 1.29 bits per heavy atom. The van der Waals surface area contributed by atoms with Gasteiger partial charge >= 0.3 is 0 Å². The van der Waals surface area contributed by atoms with Crippen LogP contribution in [0, 0.1) is 0 Å². The molecule has 0 spiro atoms. The molecule has 6 heteroatoms. The standard InChI is InChI=1S/C8H7BrN4.ClH/c9-6-1-5(3-11-4-6)7-2-8(10)13-12-7;/h1-4H,(H3,10,12,13);1H. The van der Waals surface area contributed by atoms with Crippen LogP contribution < -0.4 is 5.73 Å². The highest BCUT2D eigenvalue weighted by Crippen LogP contribution is 2.20. The average Bonchev–Trinajstić information content (AvgIpc) is 2.52. The molecule has 2 aromatic rings. The number of rotatable bonds is 1. The molecule has 0 atom stereocenters. The van der Waals surface area contributed by atoms with Crippen LogP contribution in [-0.2, 0) is 0 Å². The van der Waals surface area contributed by atoms with Crippen molar-refractivity contribution in [1.29, 1.82) is 0 Å². The molecule has 2 rings (SSSR count). The van der Waals surface area contributed by atoms with E-state index in [-0.39, 0.29) is 12.4 Å². The second-order valence-electron chi connectivity index (χ2n) is 2.60. The molecule has 0 saturated heterocycles. The number of halogens is 2. The summed E-state index contributed by atoms with van der Waals surface area (Å²) in [7, 11) is 0. The summed E-state index contributed by atoms with van der Waals surface area (Å²) in [6, 6.07) is 3.71. The van der Waals surface area contributed by atoms with Crippen LogP contribution in [0.3, 0.4) is 0 Å². The highest BCUT2D eigenvalue weighted by Gasteiger charge is 2.01. The molecule has 74 valence electrons. The van der Waals surface area contributed by atoms with Crippen molar-refractivity contribution in [3.05, 3.63) is 29.0 Å². The van der Waals surface area contributed by atoms with Crippen molar-refractivity contribution in [2.45, 2.75) is 0 Å². The number of aromatic amines is 1. The van der Waals surface area contributed by atoms with Gasteiger partial charge in [-0.15, -0.1) is 12.4 Å². The van der Waals surface area contributed by atoms with Gasteiger partial charge in [0.15, 0.2) is 0 Å². The fourth-order valence-corrected chi connectivity index (χ4v) is 1.41. The molecule has 0 amide bonds. The Kier molecular flexibility index (Phi) is 3.49. The minimum atomic E-state index is 0. The number of H-pyrrole nitrogens is 1. The highest BCUT2D eigenvalue weighted by atomic mass is 79.9. The van der Waals surface area contributed by atoms with Crippen molar-refractivity contribution in [2.24, 2.45) is 0 Å². The quantitative estimate of drug-likeness (QED) is 0.839. The fourth-order valence-electron chi connectivity index (χ4n) is 1.04. The molecule has 0 aliphatic heterocycles. The molecular formula is C8H8BrClN4. The molecule has 0 aliphatic rings. The van der Waals surface area contributed by atoms with Crippen LogP contribution in [0.2, 0.25) is 0 Å². The third kappa shape index (κ3) is 2.24. The van der Waals surface area contributed by atoms with Crippen molar-refractivity contribution >= 4 is 34.2 Å². The number of nitrogen functional groups attached to an aromatic ring is 1. The zero-order valence-corrected chi connectivity index (χ0v) is 9.47. The van der Waals surface area contributed by atoms with E-state index in [0.29, 0.717) is 5.82 Å². The van der Waals surface area contributed by atoms with E-state index in [2.05, 4.69) is 31.1 Å². The van der Waals surface area contributed by atoms with Gasteiger partial charge in [-0.05, 0) is 22.0 Å². The lowest BCUT2D eigenvalue weighted by Gasteiger charge is -1.95. The summed E-state index contributed by atoms with van der Waals surface area (Å²) >= 11 is 3.34. The Hall–Kier alpha value is -1.07. The first kappa shape index (κ1) is 11.0. The third-order valence-corrected chi connectivity index (χ3v) is 2.05. The second-order valence-corrected chi connectivity index (χ2v) is 3.51. The maximum absolute atomic E-state index is 5.48. The number of hydrogen-bond donors (Lipinski definition) is 2. The molecule has 0 bridgehead atoms. The fraction of sp³-hybridized carbons (Fsp3) is 0. The van der Waals surface area contributed by atoms with Crippen LogP contribution in [0.15, 0.2) is 29.0 Å². The van der Waals surface area contributed by atoms with Crippen LogP contribution in [0.5, 0.6) is 0 Å². The molecule has 2 aromatic heterocycles. The van der Waals surface area contributed by atoms with E-state index in [1.807, 2.05) is 6.07 Å². The third-order valence-electron chi connectivity index (χ3n) is 1.61. The van der Waals surface area contributed by atoms with Gasteiger partial charge in [0.2, 0.25) is 0 Å². The summed E-state index contributed by atoms with van der Waals surface area (Å²) < 4.78 is 0.929. The number of nitrogens with one attached hydrogen (secondary N) is 1. The molecule has 0 aliphatic carbocycles. The Bertz CT molecular complexity index is 429. The molecule has 3 N–H and O–H groups in total. The van der Waals surface area contributed by atoms with E-state index in [0.717, 1.165) is 15.7 Å². The van der Waals surface area contributed by atoms with E-state index < -0.39 is 0 Å². The summed E-state index contributed by atoms with van der Waals surface area (Å²) in [5.41, 5.74) is 7.30. The minimum Gasteiger partial charge on any atom is -0.382 e. The zero-order chi connectivity index (χ0) is 9.26. The van der Waals surface area contributed by atoms with Gasteiger partial charge in [-0.2, -0.15) is 5.10 Å². The lowest BCUT2D eigenvalue weighted by Crippen LogP contribution is -1.81. The first-order valence-corrected chi connectivity index (χ1v) is 4.47. The Labute approximate surface area is 95.5 Å². The first-order chi connectivity index (χ1) is 6.25.